The van der Waals surface area contributed by atoms with E-state index in [1.54, 1.807) is 46.6 Å². The number of carbonyl (C=O) groups excluding carboxylic acids is 2. The highest BCUT2D eigenvalue weighted by atomic mass is 16.5. The number of anilines is 1. The molecule has 0 spiro atoms. The van der Waals surface area contributed by atoms with Crippen molar-refractivity contribution in [2.45, 2.75) is 45.6 Å². The number of hydrogen-bond donors (Lipinski definition) is 1. The molecule has 4 amide bonds. The molecule has 2 aliphatic heterocycles. The smallest absolute Gasteiger partial charge is 0.324 e. The summed E-state index contributed by atoms with van der Waals surface area (Å²) in [6.45, 7) is 6.71. The Morgan fingerprint density at radius 3 is 2.34 bits per heavy atom. The summed E-state index contributed by atoms with van der Waals surface area (Å²) in [5.41, 5.74) is 3.57. The number of nitrogens with one attached hydrogen (secondary N) is 1. The van der Waals surface area contributed by atoms with Crippen molar-refractivity contribution in [2.75, 3.05) is 59.9 Å². The van der Waals surface area contributed by atoms with Gasteiger partial charge in [-0.25, -0.2) is 9.59 Å². The standard InChI is InChI=1S/C31H42N4O6/c1-7-33-14-9-15-34(30(36)32-26-18-24(38-3)11-12-27(26)40-5)13-8-10-23-16-21(2)29-22(20-35(23)31(33)37)17-25(39-4)19-28(29)41-6/h11-12,16-19,21H,7-10,13-15,20H2,1-6H3,(H,32,36). The molecule has 10 nitrogen and oxygen atoms in total. The number of amides is 4. The maximum atomic E-state index is 13.9. The van der Waals surface area contributed by atoms with E-state index in [1.165, 1.54) is 0 Å². The van der Waals surface area contributed by atoms with Crippen LogP contribution >= 0.6 is 0 Å². The van der Waals surface area contributed by atoms with Crippen molar-refractivity contribution < 1.29 is 28.5 Å². The molecule has 1 N–H and O–H groups in total. The van der Waals surface area contributed by atoms with Crippen LogP contribution in [0.5, 0.6) is 23.0 Å². The molecule has 0 radical (unpaired) electrons. The summed E-state index contributed by atoms with van der Waals surface area (Å²) in [6.07, 6.45) is 4.17. The third kappa shape index (κ3) is 6.64. The average Bonchev–Trinajstić information content (AvgIpc) is 3.14. The molecule has 1 unspecified atom stereocenters. The molecule has 0 bridgehead atoms. The average molecular weight is 567 g/mol. The quantitative estimate of drug-likeness (QED) is 0.483. The van der Waals surface area contributed by atoms with E-state index in [1.807, 2.05) is 33.8 Å². The third-order valence-corrected chi connectivity index (χ3v) is 7.77. The van der Waals surface area contributed by atoms with Gasteiger partial charge in [-0.05, 0) is 49.9 Å². The predicted molar refractivity (Wildman–Crippen MR) is 158 cm³/mol. The first-order valence-corrected chi connectivity index (χ1v) is 14.1. The van der Waals surface area contributed by atoms with Crippen molar-refractivity contribution in [3.05, 3.63) is 53.2 Å². The van der Waals surface area contributed by atoms with Crippen LogP contribution in [0.25, 0.3) is 0 Å². The number of ether oxygens (including phenoxy) is 4. The second-order valence-corrected chi connectivity index (χ2v) is 10.2. The first-order chi connectivity index (χ1) is 19.8. The number of urea groups is 2. The van der Waals surface area contributed by atoms with Crippen LogP contribution in [0.3, 0.4) is 0 Å². The van der Waals surface area contributed by atoms with E-state index in [0.29, 0.717) is 74.9 Å². The van der Waals surface area contributed by atoms with E-state index < -0.39 is 0 Å². The molecule has 0 aromatic heterocycles. The van der Waals surface area contributed by atoms with Crippen molar-refractivity contribution in [1.29, 1.82) is 0 Å². The molecule has 1 saturated heterocycles. The van der Waals surface area contributed by atoms with Crippen LogP contribution in [0, 0.1) is 0 Å². The van der Waals surface area contributed by atoms with Crippen LogP contribution in [0.1, 0.15) is 50.2 Å². The molecule has 2 aromatic carbocycles. The van der Waals surface area contributed by atoms with E-state index in [2.05, 4.69) is 18.3 Å². The SMILES string of the molecule is CCN1CCCN(C(=O)Nc2cc(OC)ccc2OC)CCCC2=CC(C)c3c(cc(OC)cc3OC)CN2C1=O. The monoisotopic (exact) mass is 566 g/mol. The predicted octanol–water partition coefficient (Wildman–Crippen LogP) is 5.68. The topological polar surface area (TPSA) is 92.8 Å². The molecule has 222 valence electrons. The fourth-order valence-electron chi connectivity index (χ4n) is 5.62. The zero-order valence-electron chi connectivity index (χ0n) is 25.0. The number of carbonyl (C=O) groups is 2. The molecule has 0 saturated carbocycles. The minimum absolute atomic E-state index is 0.0267. The maximum absolute atomic E-state index is 13.9. The lowest BCUT2D eigenvalue weighted by Gasteiger charge is -2.31. The fourth-order valence-corrected chi connectivity index (χ4v) is 5.62. The van der Waals surface area contributed by atoms with E-state index in [0.717, 1.165) is 22.6 Å². The highest BCUT2D eigenvalue weighted by Gasteiger charge is 2.31. The van der Waals surface area contributed by atoms with Crippen molar-refractivity contribution in [1.82, 2.24) is 14.7 Å². The molecule has 4 rings (SSSR count). The van der Waals surface area contributed by atoms with Crippen molar-refractivity contribution in [3.8, 4) is 23.0 Å². The van der Waals surface area contributed by atoms with Gasteiger partial charge in [-0.3, -0.25) is 4.90 Å². The lowest BCUT2D eigenvalue weighted by Crippen LogP contribution is -2.43. The van der Waals surface area contributed by atoms with E-state index in [9.17, 15) is 9.59 Å². The third-order valence-electron chi connectivity index (χ3n) is 7.77. The Bertz CT molecular complexity index is 1280. The number of fused-ring (bicyclic) bond motifs is 2. The number of nitrogens with zero attached hydrogens (tertiary/aromatic N) is 3. The Morgan fingerprint density at radius 2 is 1.66 bits per heavy atom. The number of allylic oxidation sites excluding steroid dienone is 2. The minimum atomic E-state index is -0.213. The van der Waals surface area contributed by atoms with Gasteiger partial charge in [0.05, 0.1) is 40.7 Å². The molecule has 2 aromatic rings. The summed E-state index contributed by atoms with van der Waals surface area (Å²) in [5.74, 6) is 2.66. The highest BCUT2D eigenvalue weighted by molar-refractivity contribution is 5.91. The molecule has 0 aliphatic carbocycles. The summed E-state index contributed by atoms with van der Waals surface area (Å²) in [7, 11) is 6.44. The molecule has 10 heteroatoms. The van der Waals surface area contributed by atoms with Crippen LogP contribution in [0.15, 0.2) is 42.1 Å². The summed E-state index contributed by atoms with van der Waals surface area (Å²) in [5, 5.41) is 3.00. The van der Waals surface area contributed by atoms with E-state index >= 15 is 0 Å². The first kappa shape index (κ1) is 29.9. The largest absolute Gasteiger partial charge is 0.497 e. The molecule has 41 heavy (non-hydrogen) atoms. The first-order valence-electron chi connectivity index (χ1n) is 14.1. The van der Waals surface area contributed by atoms with Gasteiger partial charge in [-0.2, -0.15) is 0 Å². The van der Waals surface area contributed by atoms with Crippen molar-refractivity contribution in [2.24, 2.45) is 0 Å². The Hall–Kier alpha value is -4.08. The Labute approximate surface area is 242 Å². The Morgan fingerprint density at radius 1 is 0.927 bits per heavy atom. The van der Waals surface area contributed by atoms with Gasteiger partial charge < -0.3 is 34.1 Å². The van der Waals surface area contributed by atoms with Crippen molar-refractivity contribution >= 4 is 17.7 Å². The van der Waals surface area contributed by atoms with Crippen LogP contribution < -0.4 is 24.3 Å². The van der Waals surface area contributed by atoms with Gasteiger partial charge in [-0.1, -0.05) is 13.0 Å². The number of rotatable bonds is 6. The number of hydrogen-bond acceptors (Lipinski definition) is 6. The van der Waals surface area contributed by atoms with Gasteiger partial charge in [0.2, 0.25) is 0 Å². The molecule has 2 aliphatic rings. The van der Waals surface area contributed by atoms with Gasteiger partial charge in [0.1, 0.15) is 23.0 Å². The van der Waals surface area contributed by atoms with E-state index in [-0.39, 0.29) is 18.0 Å². The van der Waals surface area contributed by atoms with Gasteiger partial charge in [0, 0.05) is 55.5 Å². The fraction of sp³-hybridized carbons (Fsp3) is 0.484. The number of benzene rings is 2. The molecule has 2 heterocycles. The Balaban J connectivity index is 1.61. The molecular weight excluding hydrogens is 524 g/mol. The van der Waals surface area contributed by atoms with Gasteiger partial charge >= 0.3 is 12.1 Å². The highest BCUT2D eigenvalue weighted by Crippen LogP contribution is 2.40. The Kier molecular flexibility index (Phi) is 9.86. The maximum Gasteiger partial charge on any atom is 0.324 e. The summed E-state index contributed by atoms with van der Waals surface area (Å²) in [6, 6.07) is 8.95. The zero-order chi connectivity index (χ0) is 29.5. The van der Waals surface area contributed by atoms with Gasteiger partial charge in [-0.15, -0.1) is 0 Å². The molecule has 1 atom stereocenters. The second kappa shape index (κ2) is 13.5. The number of methoxy groups -OCH3 is 4. The lowest BCUT2D eigenvalue weighted by molar-refractivity contribution is 0.163. The lowest BCUT2D eigenvalue weighted by atomic mass is 9.94. The van der Waals surface area contributed by atoms with Gasteiger partial charge in [0.15, 0.2) is 0 Å². The zero-order valence-corrected chi connectivity index (χ0v) is 25.0. The van der Waals surface area contributed by atoms with Crippen LogP contribution in [-0.2, 0) is 6.54 Å². The minimum Gasteiger partial charge on any atom is -0.497 e. The molecular formula is C31H42N4O6. The van der Waals surface area contributed by atoms with Crippen LogP contribution in [0.4, 0.5) is 15.3 Å². The van der Waals surface area contributed by atoms with Crippen LogP contribution in [-0.4, -0.2) is 81.4 Å². The van der Waals surface area contributed by atoms with Crippen molar-refractivity contribution in [3.63, 3.8) is 0 Å². The molecule has 1 fully saturated rings. The van der Waals surface area contributed by atoms with Gasteiger partial charge in [0.25, 0.3) is 0 Å². The normalized spacial score (nSPS) is 17.8. The summed E-state index contributed by atoms with van der Waals surface area (Å²) < 4.78 is 22.1. The second-order valence-electron chi connectivity index (χ2n) is 10.2. The summed E-state index contributed by atoms with van der Waals surface area (Å²) >= 11 is 0. The van der Waals surface area contributed by atoms with E-state index in [4.69, 9.17) is 18.9 Å². The summed E-state index contributed by atoms with van der Waals surface area (Å²) in [4.78, 5) is 33.0. The van der Waals surface area contributed by atoms with Crippen LogP contribution in [0.2, 0.25) is 0 Å².